The van der Waals surface area contributed by atoms with Crippen molar-refractivity contribution in [1.29, 1.82) is 0 Å². The highest BCUT2D eigenvalue weighted by molar-refractivity contribution is 5.75. The normalized spacial score (nSPS) is 37.8. The fourth-order valence-electron chi connectivity index (χ4n) is 3.62. The lowest BCUT2D eigenvalue weighted by Gasteiger charge is -2.33. The molecule has 0 saturated heterocycles. The zero-order valence-corrected chi connectivity index (χ0v) is 9.04. The van der Waals surface area contributed by atoms with Gasteiger partial charge in [0.2, 0.25) is 0 Å². The fraction of sp³-hybridized carbons (Fsp3) is 0.769. The summed E-state index contributed by atoms with van der Waals surface area (Å²) < 4.78 is 0. The SMILES string of the molecule is C#CCCCC1(C(=O)O)CC2CCC1C2. The lowest BCUT2D eigenvalue weighted by atomic mass is 9.70. The van der Waals surface area contributed by atoms with E-state index in [1.54, 1.807) is 0 Å². The van der Waals surface area contributed by atoms with Crippen molar-refractivity contribution in [2.24, 2.45) is 17.3 Å². The number of hydrogen-bond acceptors (Lipinski definition) is 1. The smallest absolute Gasteiger partial charge is 0.309 e. The van der Waals surface area contributed by atoms with Gasteiger partial charge in [-0.1, -0.05) is 6.42 Å². The lowest BCUT2D eigenvalue weighted by molar-refractivity contribution is -0.153. The molecule has 2 heteroatoms. The number of terminal acetylenes is 1. The second-order valence-corrected chi connectivity index (χ2v) is 5.10. The molecular formula is C13H18O2. The van der Waals surface area contributed by atoms with Crippen molar-refractivity contribution in [3.05, 3.63) is 0 Å². The quantitative estimate of drug-likeness (QED) is 0.567. The van der Waals surface area contributed by atoms with E-state index in [1.165, 1.54) is 6.42 Å². The van der Waals surface area contributed by atoms with Gasteiger partial charge in [-0.3, -0.25) is 4.79 Å². The topological polar surface area (TPSA) is 37.3 Å². The van der Waals surface area contributed by atoms with E-state index >= 15 is 0 Å². The second-order valence-electron chi connectivity index (χ2n) is 5.10. The van der Waals surface area contributed by atoms with E-state index in [0.717, 1.165) is 32.1 Å². The zero-order valence-electron chi connectivity index (χ0n) is 9.04. The number of carbonyl (C=O) groups is 1. The van der Waals surface area contributed by atoms with Crippen LogP contribution in [0.15, 0.2) is 0 Å². The average molecular weight is 206 g/mol. The van der Waals surface area contributed by atoms with E-state index in [2.05, 4.69) is 5.92 Å². The molecule has 0 aliphatic heterocycles. The summed E-state index contributed by atoms with van der Waals surface area (Å²) in [6.07, 6.45) is 12.0. The number of carboxylic acids is 1. The third kappa shape index (κ3) is 1.65. The molecule has 1 N–H and O–H groups in total. The highest BCUT2D eigenvalue weighted by Crippen LogP contribution is 2.58. The van der Waals surface area contributed by atoms with Crippen LogP contribution < -0.4 is 0 Å². The minimum Gasteiger partial charge on any atom is -0.481 e. The molecule has 82 valence electrons. The molecule has 0 aromatic heterocycles. The van der Waals surface area contributed by atoms with Crippen LogP contribution in [0.5, 0.6) is 0 Å². The highest BCUT2D eigenvalue weighted by atomic mass is 16.4. The molecule has 2 saturated carbocycles. The van der Waals surface area contributed by atoms with Crippen molar-refractivity contribution >= 4 is 5.97 Å². The van der Waals surface area contributed by atoms with E-state index in [1.807, 2.05) is 0 Å². The van der Waals surface area contributed by atoms with E-state index in [0.29, 0.717) is 18.3 Å². The Morgan fingerprint density at radius 1 is 1.53 bits per heavy atom. The first-order valence-corrected chi connectivity index (χ1v) is 5.86. The van der Waals surface area contributed by atoms with Crippen LogP contribution in [0.4, 0.5) is 0 Å². The number of unbranched alkanes of at least 4 members (excludes halogenated alkanes) is 1. The minimum absolute atomic E-state index is 0.417. The summed E-state index contributed by atoms with van der Waals surface area (Å²) in [6, 6.07) is 0. The van der Waals surface area contributed by atoms with Crippen molar-refractivity contribution in [1.82, 2.24) is 0 Å². The first kappa shape index (κ1) is 10.5. The number of hydrogen-bond donors (Lipinski definition) is 1. The van der Waals surface area contributed by atoms with Gasteiger partial charge < -0.3 is 5.11 Å². The van der Waals surface area contributed by atoms with Gasteiger partial charge in [-0.05, 0) is 43.9 Å². The van der Waals surface area contributed by atoms with Crippen molar-refractivity contribution in [2.45, 2.75) is 44.9 Å². The Morgan fingerprint density at radius 2 is 2.33 bits per heavy atom. The van der Waals surface area contributed by atoms with Crippen LogP contribution >= 0.6 is 0 Å². The highest BCUT2D eigenvalue weighted by Gasteiger charge is 2.55. The molecule has 2 aliphatic carbocycles. The molecule has 0 spiro atoms. The summed E-state index contributed by atoms with van der Waals surface area (Å²) in [5, 5.41) is 9.43. The summed E-state index contributed by atoms with van der Waals surface area (Å²) in [5.41, 5.74) is -0.417. The Bertz CT molecular complexity index is 302. The van der Waals surface area contributed by atoms with Crippen molar-refractivity contribution in [2.75, 3.05) is 0 Å². The largest absolute Gasteiger partial charge is 0.481 e. The molecule has 0 amide bonds. The summed E-state index contributed by atoms with van der Waals surface area (Å²) in [7, 11) is 0. The standard InChI is InChI=1S/C13H18O2/c1-2-3-4-7-13(12(14)15)9-10-5-6-11(13)8-10/h1,10-11H,3-9H2,(H,14,15). The van der Waals surface area contributed by atoms with Gasteiger partial charge in [-0.2, -0.15) is 0 Å². The maximum absolute atomic E-state index is 11.5. The zero-order chi connectivity index (χ0) is 10.9. The molecular weight excluding hydrogens is 188 g/mol. The molecule has 0 aromatic rings. The maximum atomic E-state index is 11.5. The Hall–Kier alpha value is -0.970. The minimum atomic E-state index is -0.577. The third-order valence-corrected chi connectivity index (χ3v) is 4.35. The van der Waals surface area contributed by atoms with Gasteiger partial charge in [0.25, 0.3) is 0 Å². The van der Waals surface area contributed by atoms with Crippen LogP contribution in [0.3, 0.4) is 0 Å². The van der Waals surface area contributed by atoms with Gasteiger partial charge >= 0.3 is 5.97 Å². The van der Waals surface area contributed by atoms with Gasteiger partial charge in [0.1, 0.15) is 0 Å². The lowest BCUT2D eigenvalue weighted by Crippen LogP contribution is -2.36. The number of aliphatic carboxylic acids is 1. The summed E-state index contributed by atoms with van der Waals surface area (Å²) in [5.74, 6) is 3.13. The summed E-state index contributed by atoms with van der Waals surface area (Å²) in [6.45, 7) is 0. The van der Waals surface area contributed by atoms with Crippen LogP contribution in [0.25, 0.3) is 0 Å². The molecule has 2 rings (SSSR count). The van der Waals surface area contributed by atoms with Crippen LogP contribution in [0.2, 0.25) is 0 Å². The van der Waals surface area contributed by atoms with Gasteiger partial charge in [0.15, 0.2) is 0 Å². The summed E-state index contributed by atoms with van der Waals surface area (Å²) in [4.78, 5) is 11.5. The Kier molecular flexibility index (Phi) is 2.73. The molecule has 0 radical (unpaired) electrons. The molecule has 3 atom stereocenters. The first-order chi connectivity index (χ1) is 7.19. The third-order valence-electron chi connectivity index (χ3n) is 4.35. The van der Waals surface area contributed by atoms with Crippen LogP contribution in [0.1, 0.15) is 44.9 Å². The second kappa shape index (κ2) is 3.89. The van der Waals surface area contributed by atoms with Gasteiger partial charge in [-0.15, -0.1) is 12.3 Å². The number of rotatable bonds is 4. The van der Waals surface area contributed by atoms with Crippen LogP contribution in [-0.4, -0.2) is 11.1 Å². The van der Waals surface area contributed by atoms with E-state index in [4.69, 9.17) is 6.42 Å². The van der Waals surface area contributed by atoms with E-state index in [-0.39, 0.29) is 0 Å². The number of carboxylic acid groups (broad SMARTS) is 1. The first-order valence-electron chi connectivity index (χ1n) is 5.86. The Labute approximate surface area is 91.1 Å². The Balaban J connectivity index is 2.06. The Morgan fingerprint density at radius 3 is 2.80 bits per heavy atom. The van der Waals surface area contributed by atoms with Gasteiger partial charge in [0, 0.05) is 6.42 Å². The molecule has 2 aliphatic rings. The van der Waals surface area contributed by atoms with Crippen molar-refractivity contribution in [3.8, 4) is 12.3 Å². The van der Waals surface area contributed by atoms with E-state index < -0.39 is 11.4 Å². The summed E-state index contributed by atoms with van der Waals surface area (Å²) >= 11 is 0. The van der Waals surface area contributed by atoms with Gasteiger partial charge in [-0.25, -0.2) is 0 Å². The van der Waals surface area contributed by atoms with Crippen LogP contribution in [-0.2, 0) is 4.79 Å². The monoisotopic (exact) mass is 206 g/mol. The fourth-order valence-corrected chi connectivity index (χ4v) is 3.62. The maximum Gasteiger partial charge on any atom is 0.309 e. The average Bonchev–Trinajstić information content (AvgIpc) is 2.78. The molecule has 0 aromatic carbocycles. The predicted molar refractivity (Wildman–Crippen MR) is 58.2 cm³/mol. The van der Waals surface area contributed by atoms with Crippen molar-refractivity contribution < 1.29 is 9.90 Å². The molecule has 3 unspecified atom stereocenters. The van der Waals surface area contributed by atoms with E-state index in [9.17, 15) is 9.90 Å². The molecule has 15 heavy (non-hydrogen) atoms. The van der Waals surface area contributed by atoms with Crippen LogP contribution in [0, 0.1) is 29.6 Å². The van der Waals surface area contributed by atoms with Gasteiger partial charge in [0.05, 0.1) is 5.41 Å². The number of fused-ring (bicyclic) bond motifs is 2. The molecule has 0 heterocycles. The molecule has 2 bridgehead atoms. The molecule has 2 nitrogen and oxygen atoms in total. The predicted octanol–water partition coefficient (Wildman–Crippen LogP) is 2.68. The molecule has 2 fully saturated rings. The van der Waals surface area contributed by atoms with Crippen molar-refractivity contribution in [3.63, 3.8) is 0 Å².